The van der Waals surface area contributed by atoms with Gasteiger partial charge in [0, 0.05) is 39.5 Å². The third kappa shape index (κ3) is 8.90. The number of nitrogens with one attached hydrogen (secondary N) is 2. The summed E-state index contributed by atoms with van der Waals surface area (Å²) in [7, 11) is -13.9. The molecule has 0 aliphatic heterocycles. The van der Waals surface area contributed by atoms with Crippen molar-refractivity contribution in [1.82, 2.24) is 29.2 Å². The molecule has 0 bridgehead atoms. The molecule has 0 saturated heterocycles. The van der Waals surface area contributed by atoms with Crippen molar-refractivity contribution in [2.24, 2.45) is 10.2 Å². The molecule has 0 fully saturated rings. The highest BCUT2D eigenvalue weighted by Gasteiger charge is 2.26. The van der Waals surface area contributed by atoms with E-state index in [1.165, 1.54) is 16.8 Å². The van der Waals surface area contributed by atoms with Crippen LogP contribution in [0.1, 0.15) is 36.8 Å². The third-order valence-corrected chi connectivity index (χ3v) is 10.6. The van der Waals surface area contributed by atoms with Crippen molar-refractivity contribution in [2.75, 3.05) is 16.8 Å². The Morgan fingerprint density at radius 2 is 1.59 bits per heavy atom. The zero-order valence-electron chi connectivity index (χ0n) is 25.3. The maximum absolute atomic E-state index is 12.9. The summed E-state index contributed by atoms with van der Waals surface area (Å²) in [6, 6.07) is 8.15. The van der Waals surface area contributed by atoms with Crippen molar-refractivity contribution in [3.63, 3.8) is 0 Å². The summed E-state index contributed by atoms with van der Waals surface area (Å²) in [6.07, 6.45) is 0. The number of hydrogen-bond donors (Lipinski definition) is 5. The Kier molecular flexibility index (Phi) is 9.78. The lowest BCUT2D eigenvalue weighted by atomic mass is 9.91. The quantitative estimate of drug-likeness (QED) is 0.0720. The van der Waals surface area contributed by atoms with Gasteiger partial charge >= 0.3 is 0 Å². The number of carbonyl (C=O) groups excluding carboxylic acids is 1. The van der Waals surface area contributed by atoms with E-state index in [4.69, 9.17) is 4.55 Å². The van der Waals surface area contributed by atoms with E-state index in [1.54, 1.807) is 12.1 Å². The number of carbonyl (C=O) groups is 1. The smallest absolute Gasteiger partial charge is 0.294 e. The van der Waals surface area contributed by atoms with Crippen LogP contribution in [0.25, 0.3) is 17.0 Å². The van der Waals surface area contributed by atoms with Crippen LogP contribution in [0.3, 0.4) is 0 Å². The number of hydrogen-bond acceptors (Lipinski definition) is 15. The summed E-state index contributed by atoms with van der Waals surface area (Å²) < 4.78 is 101. The van der Waals surface area contributed by atoms with Crippen LogP contribution in [0.15, 0.2) is 67.6 Å². The summed E-state index contributed by atoms with van der Waals surface area (Å²) in [5, 5.41) is 19.2. The molecule has 0 unspecified atom stereocenters. The monoisotopic (exact) mass is 771 g/mol. The molecule has 0 atom stereocenters. The zero-order valence-corrected chi connectivity index (χ0v) is 29.4. The van der Waals surface area contributed by atoms with Gasteiger partial charge in [-0.05, 0) is 42.5 Å². The van der Waals surface area contributed by atoms with E-state index in [0.717, 1.165) is 35.4 Å². The van der Waals surface area contributed by atoms with Crippen LogP contribution >= 0.6 is 23.3 Å². The summed E-state index contributed by atoms with van der Waals surface area (Å²) in [6.45, 7) is 5.84. The summed E-state index contributed by atoms with van der Waals surface area (Å²) >= 11 is 1.98. The molecule has 2 aromatic carbocycles. The lowest BCUT2D eigenvalue weighted by Crippen LogP contribution is -2.14. The molecule has 5 rings (SSSR count). The van der Waals surface area contributed by atoms with Gasteiger partial charge in [0.25, 0.3) is 36.3 Å². The van der Waals surface area contributed by atoms with Gasteiger partial charge < -0.3 is 5.32 Å². The molecule has 5 aromatic rings. The fourth-order valence-corrected chi connectivity index (χ4v) is 7.57. The Morgan fingerprint density at radius 1 is 0.959 bits per heavy atom. The SMILES string of the molecule is CC(C)(C)c1[nH]n2nc(-c3ccc(NC(=O)c4cc(S(=O)(=O)O)cc(S(=O)(=O)O)c4)cc3)nc2c1N=Nc1nc(SCCS(=O)(=O)O)ns1. The van der Waals surface area contributed by atoms with E-state index in [1.807, 2.05) is 20.8 Å². The Labute approximate surface area is 286 Å². The molecule has 1 amide bonds. The number of azo groups is 1. The minimum Gasteiger partial charge on any atom is -0.322 e. The van der Waals surface area contributed by atoms with Crippen molar-refractivity contribution in [3.05, 3.63) is 53.7 Å². The fourth-order valence-electron chi connectivity index (χ4n) is 4.09. The van der Waals surface area contributed by atoms with Gasteiger partial charge in [0.05, 0.1) is 21.2 Å². The van der Waals surface area contributed by atoms with Crippen LogP contribution in [-0.2, 0) is 35.8 Å². The molecular weight excluding hydrogens is 747 g/mol. The molecule has 0 spiro atoms. The van der Waals surface area contributed by atoms with Gasteiger partial charge in [0.1, 0.15) is 0 Å². The number of nitrogens with zero attached hydrogens (tertiary/aromatic N) is 7. The van der Waals surface area contributed by atoms with Crippen LogP contribution in [0, 0.1) is 0 Å². The van der Waals surface area contributed by atoms with E-state index in [-0.39, 0.29) is 27.6 Å². The lowest BCUT2D eigenvalue weighted by Gasteiger charge is -2.16. The highest BCUT2D eigenvalue weighted by atomic mass is 32.2. The van der Waals surface area contributed by atoms with Crippen molar-refractivity contribution >= 4 is 81.7 Å². The number of aromatic nitrogens is 6. The summed E-state index contributed by atoms with van der Waals surface area (Å²) in [4.78, 5) is 19.9. The van der Waals surface area contributed by atoms with E-state index >= 15 is 0 Å². The first-order chi connectivity index (χ1) is 22.7. The number of amides is 1. The molecule has 3 heterocycles. The second-order valence-electron chi connectivity index (χ2n) is 11.1. The first kappa shape index (κ1) is 36.1. The molecule has 5 N–H and O–H groups in total. The summed E-state index contributed by atoms with van der Waals surface area (Å²) in [5.74, 6) is -1.06. The average molecular weight is 772 g/mol. The molecule has 19 nitrogen and oxygen atoms in total. The van der Waals surface area contributed by atoms with Crippen LogP contribution in [0.5, 0.6) is 0 Å². The van der Waals surface area contributed by atoms with Crippen LogP contribution < -0.4 is 5.32 Å². The van der Waals surface area contributed by atoms with Gasteiger partial charge in [-0.2, -0.15) is 39.2 Å². The Bertz CT molecular complexity index is 2380. The number of benzene rings is 2. The summed E-state index contributed by atoms with van der Waals surface area (Å²) in [5.41, 5.74) is 1.23. The third-order valence-electron chi connectivity index (χ3n) is 6.37. The standard InChI is InChI=1S/C25H25N9O10S5/c1-25(2,3)19-18(29-30-23-28-24(33-46-23)45-8-9-47(36,37)38)21-27-20(32-34(21)31-19)13-4-6-15(7-5-13)26-22(35)14-10-16(48(39,40)41)12-17(11-14)49(42,43)44/h4-7,10-12,31H,8-9H2,1-3H3,(H,26,35)(H,36,37,38)(H,39,40,41)(H,42,43,44). The van der Waals surface area contributed by atoms with Gasteiger partial charge in [-0.1, -0.05) is 32.5 Å². The number of anilines is 1. The maximum Gasteiger partial charge on any atom is 0.294 e. The molecule has 260 valence electrons. The molecular formula is C25H25N9O10S5. The van der Waals surface area contributed by atoms with Crippen LogP contribution in [-0.4, -0.2) is 85.5 Å². The molecule has 0 aliphatic rings. The Hall–Kier alpha value is -4.17. The van der Waals surface area contributed by atoms with E-state index in [2.05, 4.69) is 40.1 Å². The Morgan fingerprint density at radius 3 is 2.16 bits per heavy atom. The predicted octanol–water partition coefficient (Wildman–Crippen LogP) is 4.01. The number of aromatic amines is 1. The van der Waals surface area contributed by atoms with Crippen LogP contribution in [0.2, 0.25) is 0 Å². The van der Waals surface area contributed by atoms with E-state index < -0.39 is 62.8 Å². The zero-order chi connectivity index (χ0) is 35.9. The highest BCUT2D eigenvalue weighted by Crippen LogP contribution is 2.36. The molecule has 3 aromatic heterocycles. The van der Waals surface area contributed by atoms with Crippen molar-refractivity contribution < 1.29 is 43.7 Å². The number of H-pyrrole nitrogens is 1. The van der Waals surface area contributed by atoms with Gasteiger partial charge in [-0.3, -0.25) is 23.6 Å². The lowest BCUT2D eigenvalue weighted by molar-refractivity contribution is 0.102. The number of rotatable bonds is 11. The van der Waals surface area contributed by atoms with Crippen LogP contribution in [0.4, 0.5) is 16.5 Å². The molecule has 24 heteroatoms. The van der Waals surface area contributed by atoms with Gasteiger partial charge in [0.15, 0.2) is 11.5 Å². The van der Waals surface area contributed by atoms with E-state index in [9.17, 15) is 39.2 Å². The van der Waals surface area contributed by atoms with Gasteiger partial charge in [-0.15, -0.1) is 15.3 Å². The predicted molar refractivity (Wildman–Crippen MR) is 177 cm³/mol. The molecule has 49 heavy (non-hydrogen) atoms. The van der Waals surface area contributed by atoms with Crippen molar-refractivity contribution in [3.8, 4) is 11.4 Å². The number of fused-ring (bicyclic) bond motifs is 1. The average Bonchev–Trinajstić information content (AvgIpc) is 3.70. The first-order valence-corrected chi connectivity index (χ1v) is 19.8. The molecule has 0 aliphatic carbocycles. The van der Waals surface area contributed by atoms with Crippen molar-refractivity contribution in [2.45, 2.75) is 41.1 Å². The minimum atomic E-state index is -4.91. The second kappa shape index (κ2) is 13.3. The molecule has 0 saturated carbocycles. The van der Waals surface area contributed by atoms with Gasteiger partial charge in [-0.25, -0.2) is 4.98 Å². The van der Waals surface area contributed by atoms with Crippen molar-refractivity contribution in [1.29, 1.82) is 0 Å². The largest absolute Gasteiger partial charge is 0.322 e. The minimum absolute atomic E-state index is 0.0530. The molecule has 0 radical (unpaired) electrons. The fraction of sp³-hybridized carbons (Fsp3) is 0.240. The maximum atomic E-state index is 12.9. The normalized spacial score (nSPS) is 13.0. The topological polar surface area (TPSA) is 289 Å². The first-order valence-electron chi connectivity index (χ1n) is 13.5. The highest BCUT2D eigenvalue weighted by molar-refractivity contribution is 8.00. The van der Waals surface area contributed by atoms with Gasteiger partial charge in [0.2, 0.25) is 15.9 Å². The van der Waals surface area contributed by atoms with E-state index in [0.29, 0.717) is 28.7 Å². The second-order valence-corrected chi connectivity index (χ2v) is 17.3. The Balaban J connectivity index is 1.37. The number of thioether (sulfide) groups is 1.